The van der Waals surface area contributed by atoms with Crippen LogP contribution in [0.2, 0.25) is 0 Å². The lowest BCUT2D eigenvalue weighted by Gasteiger charge is -2.18. The van der Waals surface area contributed by atoms with E-state index in [1.54, 1.807) is 53.0 Å². The van der Waals surface area contributed by atoms with Crippen LogP contribution in [0.3, 0.4) is 0 Å². The number of carbonyl (C=O) groups is 1. The van der Waals surface area contributed by atoms with Gasteiger partial charge in [0.05, 0.1) is 0 Å². The lowest BCUT2D eigenvalue weighted by molar-refractivity contribution is 0.0784. The number of hydrogen-bond acceptors (Lipinski definition) is 5. The van der Waals surface area contributed by atoms with Gasteiger partial charge < -0.3 is 9.64 Å². The van der Waals surface area contributed by atoms with Crippen molar-refractivity contribution in [1.29, 1.82) is 0 Å². The molecule has 0 aliphatic carbocycles. The molecule has 140 valence electrons. The molecular weight excluding hydrogens is 349 g/mol. The van der Waals surface area contributed by atoms with Crippen molar-refractivity contribution in [2.75, 3.05) is 7.05 Å². The molecule has 1 amide bonds. The van der Waals surface area contributed by atoms with E-state index in [1.807, 2.05) is 6.92 Å². The highest BCUT2D eigenvalue weighted by atomic mass is 19.1. The summed E-state index contributed by atoms with van der Waals surface area (Å²) < 4.78 is 20.4. The van der Waals surface area contributed by atoms with Crippen molar-refractivity contribution in [1.82, 2.24) is 25.1 Å². The Labute approximate surface area is 156 Å². The maximum atomic E-state index is 13.0. The van der Waals surface area contributed by atoms with Crippen molar-refractivity contribution in [3.8, 4) is 5.75 Å². The number of carbonyl (C=O) groups excluding carboxylic acids is 1. The fourth-order valence-electron chi connectivity index (χ4n) is 2.59. The van der Waals surface area contributed by atoms with E-state index >= 15 is 0 Å². The molecule has 27 heavy (non-hydrogen) atoms. The third-order valence-electron chi connectivity index (χ3n) is 4.03. The van der Waals surface area contributed by atoms with Crippen molar-refractivity contribution < 1.29 is 13.9 Å². The first-order chi connectivity index (χ1) is 13.1. The summed E-state index contributed by atoms with van der Waals surface area (Å²) in [7, 11) is 1.70. The summed E-state index contributed by atoms with van der Waals surface area (Å²) in [6.07, 6.45) is 0. The fourth-order valence-corrected chi connectivity index (χ4v) is 2.59. The van der Waals surface area contributed by atoms with Crippen LogP contribution in [0, 0.1) is 5.82 Å². The van der Waals surface area contributed by atoms with E-state index in [9.17, 15) is 9.18 Å². The van der Waals surface area contributed by atoms with Crippen LogP contribution in [0.5, 0.6) is 5.75 Å². The second-order valence-electron chi connectivity index (χ2n) is 6.02. The molecule has 0 saturated heterocycles. The van der Waals surface area contributed by atoms with Gasteiger partial charge in [0.25, 0.3) is 5.91 Å². The largest absolute Gasteiger partial charge is 0.486 e. The highest BCUT2D eigenvalue weighted by molar-refractivity contribution is 5.94. The standard InChI is InChI=1S/C19H20FN5O2/c1-3-25-18(21-22-23-25)13-27-17-6-4-5-15(11-17)19(26)24(2)12-14-7-9-16(20)10-8-14/h4-11H,3,12-13H2,1-2H3. The summed E-state index contributed by atoms with van der Waals surface area (Å²) in [5.41, 5.74) is 1.36. The number of ether oxygens (including phenoxy) is 1. The smallest absolute Gasteiger partial charge is 0.254 e. The van der Waals surface area contributed by atoms with Crippen molar-refractivity contribution in [2.24, 2.45) is 0 Å². The Morgan fingerprint density at radius 3 is 2.74 bits per heavy atom. The Kier molecular flexibility index (Phi) is 5.75. The zero-order valence-electron chi connectivity index (χ0n) is 15.2. The molecule has 0 aliphatic rings. The number of tetrazole rings is 1. The fraction of sp³-hybridized carbons (Fsp3) is 0.263. The Bertz CT molecular complexity index is 910. The van der Waals surface area contributed by atoms with E-state index in [1.165, 1.54) is 12.1 Å². The number of aromatic nitrogens is 4. The highest BCUT2D eigenvalue weighted by Crippen LogP contribution is 2.17. The quantitative estimate of drug-likeness (QED) is 0.640. The maximum Gasteiger partial charge on any atom is 0.254 e. The summed E-state index contributed by atoms with van der Waals surface area (Å²) in [6, 6.07) is 13.0. The van der Waals surface area contributed by atoms with Gasteiger partial charge in [-0.2, -0.15) is 0 Å². The van der Waals surface area contributed by atoms with Crippen LogP contribution < -0.4 is 4.74 Å². The average molecular weight is 369 g/mol. The van der Waals surface area contributed by atoms with E-state index in [0.717, 1.165) is 5.56 Å². The molecule has 0 saturated carbocycles. The van der Waals surface area contributed by atoms with Crippen molar-refractivity contribution in [3.63, 3.8) is 0 Å². The SMILES string of the molecule is CCn1nnnc1COc1cccc(C(=O)N(C)Cc2ccc(F)cc2)c1. The normalized spacial score (nSPS) is 10.6. The molecule has 7 nitrogen and oxygen atoms in total. The Balaban J connectivity index is 1.65. The van der Waals surface area contributed by atoms with Crippen LogP contribution in [-0.4, -0.2) is 38.1 Å². The van der Waals surface area contributed by atoms with Gasteiger partial charge in [0, 0.05) is 25.7 Å². The number of nitrogens with zero attached hydrogens (tertiary/aromatic N) is 5. The van der Waals surface area contributed by atoms with E-state index < -0.39 is 0 Å². The molecular formula is C19H20FN5O2. The summed E-state index contributed by atoms with van der Waals surface area (Å²) in [6.45, 7) is 3.19. The predicted octanol–water partition coefficient (Wildman–Crippen LogP) is 2.68. The first-order valence-corrected chi connectivity index (χ1v) is 8.54. The average Bonchev–Trinajstić information content (AvgIpc) is 3.15. The van der Waals surface area contributed by atoms with E-state index in [-0.39, 0.29) is 18.3 Å². The van der Waals surface area contributed by atoms with Gasteiger partial charge in [-0.25, -0.2) is 9.07 Å². The lowest BCUT2D eigenvalue weighted by atomic mass is 10.1. The van der Waals surface area contributed by atoms with E-state index in [2.05, 4.69) is 15.5 Å². The summed E-state index contributed by atoms with van der Waals surface area (Å²) >= 11 is 0. The molecule has 0 fully saturated rings. The number of halogens is 1. The first kappa shape index (κ1) is 18.5. The molecule has 1 heterocycles. The van der Waals surface area contributed by atoms with Gasteiger partial charge in [-0.05, 0) is 53.2 Å². The molecule has 2 aromatic carbocycles. The second kappa shape index (κ2) is 8.39. The zero-order valence-corrected chi connectivity index (χ0v) is 15.2. The van der Waals surface area contributed by atoms with Crippen LogP contribution in [0.4, 0.5) is 4.39 Å². The Morgan fingerprint density at radius 2 is 2.00 bits per heavy atom. The van der Waals surface area contributed by atoms with Crippen LogP contribution in [0.25, 0.3) is 0 Å². The molecule has 0 bridgehead atoms. The molecule has 3 aromatic rings. The minimum absolute atomic E-state index is 0.150. The monoisotopic (exact) mass is 369 g/mol. The third-order valence-corrected chi connectivity index (χ3v) is 4.03. The molecule has 0 radical (unpaired) electrons. The number of benzene rings is 2. The van der Waals surface area contributed by atoms with Gasteiger partial charge in [0.2, 0.25) is 0 Å². The van der Waals surface area contributed by atoms with Crippen molar-refractivity contribution in [2.45, 2.75) is 26.6 Å². The highest BCUT2D eigenvalue weighted by Gasteiger charge is 2.13. The van der Waals surface area contributed by atoms with E-state index in [4.69, 9.17) is 4.74 Å². The first-order valence-electron chi connectivity index (χ1n) is 8.54. The maximum absolute atomic E-state index is 13.0. The van der Waals surface area contributed by atoms with Crippen LogP contribution >= 0.6 is 0 Å². The number of rotatable bonds is 7. The number of aryl methyl sites for hydroxylation is 1. The van der Waals surface area contributed by atoms with Gasteiger partial charge in [0.1, 0.15) is 18.2 Å². The summed E-state index contributed by atoms with van der Waals surface area (Å²) in [5, 5.41) is 11.4. The molecule has 0 spiro atoms. The molecule has 1 aromatic heterocycles. The molecule has 0 atom stereocenters. The van der Waals surface area contributed by atoms with Gasteiger partial charge in [-0.3, -0.25) is 4.79 Å². The minimum atomic E-state index is -0.299. The number of amides is 1. The summed E-state index contributed by atoms with van der Waals surface area (Å²) in [4.78, 5) is 14.2. The summed E-state index contributed by atoms with van der Waals surface area (Å²) in [5.74, 6) is 0.721. The topological polar surface area (TPSA) is 73.1 Å². The van der Waals surface area contributed by atoms with E-state index in [0.29, 0.717) is 30.2 Å². The predicted molar refractivity (Wildman–Crippen MR) is 96.5 cm³/mol. The van der Waals surface area contributed by atoms with Crippen molar-refractivity contribution >= 4 is 5.91 Å². The lowest BCUT2D eigenvalue weighted by Crippen LogP contribution is -2.26. The number of hydrogen-bond donors (Lipinski definition) is 0. The van der Waals surface area contributed by atoms with Gasteiger partial charge in [-0.15, -0.1) is 5.10 Å². The van der Waals surface area contributed by atoms with Crippen LogP contribution in [-0.2, 0) is 19.7 Å². The molecule has 3 rings (SSSR count). The van der Waals surface area contributed by atoms with Crippen LogP contribution in [0.15, 0.2) is 48.5 Å². The van der Waals surface area contributed by atoms with Gasteiger partial charge >= 0.3 is 0 Å². The molecule has 0 aliphatic heterocycles. The minimum Gasteiger partial charge on any atom is -0.486 e. The Morgan fingerprint density at radius 1 is 1.22 bits per heavy atom. The van der Waals surface area contributed by atoms with Crippen LogP contribution in [0.1, 0.15) is 28.7 Å². The van der Waals surface area contributed by atoms with Gasteiger partial charge in [-0.1, -0.05) is 18.2 Å². The molecule has 0 unspecified atom stereocenters. The zero-order chi connectivity index (χ0) is 19.2. The molecule has 8 heteroatoms. The third kappa shape index (κ3) is 4.66. The Hall–Kier alpha value is -3.29. The molecule has 0 N–H and O–H groups in total. The second-order valence-corrected chi connectivity index (χ2v) is 6.02. The van der Waals surface area contributed by atoms with Crippen molar-refractivity contribution in [3.05, 3.63) is 71.3 Å². The van der Waals surface area contributed by atoms with Gasteiger partial charge in [0.15, 0.2) is 5.82 Å².